The van der Waals surface area contributed by atoms with Gasteiger partial charge in [0.2, 0.25) is 0 Å². The third-order valence-electron chi connectivity index (χ3n) is 4.20. The number of hydrogen-bond acceptors (Lipinski definition) is 3. The molecule has 3 heteroatoms. The molecule has 0 saturated carbocycles. The standard InChI is InChI=1S/C21H22N2O/c1-17(16-24)23(22(2)15-18-8-4-3-5-9-18)21-13-12-19-10-6-7-11-20(19)14-21/h3-14,16-17H,15H2,1-2H3/t17-/m0/s1. The summed E-state index contributed by atoms with van der Waals surface area (Å²) in [6, 6.07) is 24.6. The highest BCUT2D eigenvalue weighted by Gasteiger charge is 2.19. The van der Waals surface area contributed by atoms with Crippen molar-refractivity contribution in [1.82, 2.24) is 5.01 Å². The zero-order valence-corrected chi connectivity index (χ0v) is 14.1. The largest absolute Gasteiger partial charge is 0.301 e. The highest BCUT2D eigenvalue weighted by Crippen LogP contribution is 2.25. The molecule has 3 nitrogen and oxygen atoms in total. The van der Waals surface area contributed by atoms with Gasteiger partial charge in [-0.3, -0.25) is 5.01 Å². The van der Waals surface area contributed by atoms with Crippen LogP contribution in [0.2, 0.25) is 0 Å². The Kier molecular flexibility index (Phi) is 4.92. The van der Waals surface area contributed by atoms with Crippen molar-refractivity contribution in [3.05, 3.63) is 78.4 Å². The molecule has 0 heterocycles. The van der Waals surface area contributed by atoms with Crippen molar-refractivity contribution in [2.24, 2.45) is 0 Å². The summed E-state index contributed by atoms with van der Waals surface area (Å²) in [6.45, 7) is 2.66. The first-order valence-electron chi connectivity index (χ1n) is 8.17. The van der Waals surface area contributed by atoms with Gasteiger partial charge < -0.3 is 4.79 Å². The molecule has 0 spiro atoms. The van der Waals surface area contributed by atoms with Gasteiger partial charge >= 0.3 is 0 Å². The van der Waals surface area contributed by atoms with Crippen molar-refractivity contribution in [2.75, 3.05) is 12.1 Å². The van der Waals surface area contributed by atoms with Crippen molar-refractivity contribution >= 4 is 22.7 Å². The van der Waals surface area contributed by atoms with E-state index in [1.165, 1.54) is 16.3 Å². The molecule has 1 atom stereocenters. The molecule has 0 aliphatic heterocycles. The lowest BCUT2D eigenvalue weighted by Crippen LogP contribution is -2.46. The first-order chi connectivity index (χ1) is 11.7. The van der Waals surface area contributed by atoms with E-state index in [9.17, 15) is 4.79 Å². The Morgan fingerprint density at radius 1 is 0.917 bits per heavy atom. The minimum absolute atomic E-state index is 0.236. The Labute approximate surface area is 143 Å². The number of aldehydes is 1. The van der Waals surface area contributed by atoms with Gasteiger partial charge in [0.1, 0.15) is 6.29 Å². The summed E-state index contributed by atoms with van der Waals surface area (Å²) in [4.78, 5) is 11.5. The molecule has 0 N–H and O–H groups in total. The minimum atomic E-state index is -0.236. The number of carbonyl (C=O) groups excluding carboxylic acids is 1. The molecule has 122 valence electrons. The maximum atomic E-state index is 11.5. The topological polar surface area (TPSA) is 23.6 Å². The molecule has 0 aromatic heterocycles. The number of hydrogen-bond donors (Lipinski definition) is 0. The Morgan fingerprint density at radius 2 is 1.58 bits per heavy atom. The highest BCUT2D eigenvalue weighted by molar-refractivity contribution is 5.86. The van der Waals surface area contributed by atoms with Crippen molar-refractivity contribution < 1.29 is 4.79 Å². The normalized spacial score (nSPS) is 12.3. The molecule has 0 saturated heterocycles. The summed E-state index contributed by atoms with van der Waals surface area (Å²) in [7, 11) is 2.02. The second kappa shape index (κ2) is 7.28. The van der Waals surface area contributed by atoms with Crippen LogP contribution in [0.1, 0.15) is 12.5 Å². The zero-order valence-electron chi connectivity index (χ0n) is 14.1. The molecule has 0 aliphatic rings. The number of hydrazine groups is 1. The van der Waals surface area contributed by atoms with Crippen LogP contribution in [0, 0.1) is 0 Å². The SMILES string of the molecule is C[C@@H](C=O)N(c1ccc2ccccc2c1)N(C)Cc1ccccc1. The molecule has 3 aromatic rings. The van der Waals surface area contributed by atoms with E-state index in [0.717, 1.165) is 18.5 Å². The van der Waals surface area contributed by atoms with Crippen LogP contribution in [0.5, 0.6) is 0 Å². The summed E-state index contributed by atoms with van der Waals surface area (Å²) >= 11 is 0. The average Bonchev–Trinajstić information content (AvgIpc) is 2.62. The van der Waals surface area contributed by atoms with Gasteiger partial charge in [0.05, 0.1) is 11.7 Å². The Balaban J connectivity index is 1.93. The molecule has 0 fully saturated rings. The molecule has 0 aliphatic carbocycles. The van der Waals surface area contributed by atoms with Crippen LogP contribution in [-0.4, -0.2) is 24.4 Å². The second-order valence-electron chi connectivity index (χ2n) is 6.05. The van der Waals surface area contributed by atoms with Gasteiger partial charge in [-0.15, -0.1) is 0 Å². The van der Waals surface area contributed by atoms with E-state index >= 15 is 0 Å². The molecule has 0 radical (unpaired) electrons. The second-order valence-corrected chi connectivity index (χ2v) is 6.05. The third kappa shape index (κ3) is 3.47. The van der Waals surface area contributed by atoms with E-state index in [0.29, 0.717) is 0 Å². The van der Waals surface area contributed by atoms with Gasteiger partial charge in [-0.25, -0.2) is 5.01 Å². The maximum absolute atomic E-state index is 11.5. The van der Waals surface area contributed by atoms with Gasteiger partial charge in [0.25, 0.3) is 0 Å². The van der Waals surface area contributed by atoms with Gasteiger partial charge in [0.15, 0.2) is 0 Å². The van der Waals surface area contributed by atoms with E-state index in [2.05, 4.69) is 47.5 Å². The van der Waals surface area contributed by atoms with Crippen LogP contribution in [0.3, 0.4) is 0 Å². The van der Waals surface area contributed by atoms with Crippen LogP contribution in [-0.2, 0) is 11.3 Å². The lowest BCUT2D eigenvalue weighted by Gasteiger charge is -2.36. The Hall–Kier alpha value is -2.65. The minimum Gasteiger partial charge on any atom is -0.301 e. The predicted octanol–water partition coefficient (Wildman–Crippen LogP) is 4.28. The summed E-state index contributed by atoms with van der Waals surface area (Å²) in [5.41, 5.74) is 2.23. The fraction of sp³-hybridized carbons (Fsp3) is 0.190. The van der Waals surface area contributed by atoms with Gasteiger partial charge in [-0.05, 0) is 35.4 Å². The van der Waals surface area contributed by atoms with Crippen molar-refractivity contribution in [2.45, 2.75) is 19.5 Å². The van der Waals surface area contributed by atoms with Crippen LogP contribution < -0.4 is 5.01 Å². The quantitative estimate of drug-likeness (QED) is 0.500. The van der Waals surface area contributed by atoms with E-state index < -0.39 is 0 Å². The van der Waals surface area contributed by atoms with Crippen molar-refractivity contribution in [3.8, 4) is 0 Å². The highest BCUT2D eigenvalue weighted by atomic mass is 16.1. The number of rotatable bonds is 6. The number of nitrogens with zero attached hydrogens (tertiary/aromatic N) is 2. The van der Waals surface area contributed by atoms with Gasteiger partial charge in [-0.1, -0.05) is 60.7 Å². The molecule has 0 amide bonds. The lowest BCUT2D eigenvalue weighted by atomic mass is 10.1. The van der Waals surface area contributed by atoms with E-state index in [1.807, 2.05) is 49.3 Å². The molecule has 3 aromatic carbocycles. The number of anilines is 1. The Bertz CT molecular complexity index is 816. The fourth-order valence-electron chi connectivity index (χ4n) is 3.04. The van der Waals surface area contributed by atoms with Crippen LogP contribution in [0.4, 0.5) is 5.69 Å². The Morgan fingerprint density at radius 3 is 2.29 bits per heavy atom. The van der Waals surface area contributed by atoms with Crippen molar-refractivity contribution in [3.63, 3.8) is 0 Å². The van der Waals surface area contributed by atoms with Crippen LogP contribution in [0.25, 0.3) is 10.8 Å². The fourth-order valence-corrected chi connectivity index (χ4v) is 3.04. The molecule has 0 unspecified atom stereocenters. The zero-order chi connectivity index (χ0) is 16.9. The monoisotopic (exact) mass is 318 g/mol. The van der Waals surface area contributed by atoms with E-state index in [4.69, 9.17) is 0 Å². The predicted molar refractivity (Wildman–Crippen MR) is 99.9 cm³/mol. The maximum Gasteiger partial charge on any atom is 0.143 e. The number of benzene rings is 3. The number of fused-ring (bicyclic) bond motifs is 1. The lowest BCUT2D eigenvalue weighted by molar-refractivity contribution is -0.109. The first-order valence-corrected chi connectivity index (χ1v) is 8.17. The molecule has 3 rings (SSSR count). The summed E-state index contributed by atoms with van der Waals surface area (Å²) < 4.78 is 0. The molecular weight excluding hydrogens is 296 g/mol. The van der Waals surface area contributed by atoms with E-state index in [-0.39, 0.29) is 6.04 Å². The van der Waals surface area contributed by atoms with Crippen LogP contribution in [0.15, 0.2) is 72.8 Å². The van der Waals surface area contributed by atoms with Crippen molar-refractivity contribution in [1.29, 1.82) is 0 Å². The smallest absolute Gasteiger partial charge is 0.143 e. The summed E-state index contributed by atoms with van der Waals surface area (Å²) in [5, 5.41) is 6.52. The van der Waals surface area contributed by atoms with E-state index in [1.54, 1.807) is 0 Å². The van der Waals surface area contributed by atoms with Gasteiger partial charge in [0, 0.05) is 13.6 Å². The molecule has 0 bridgehead atoms. The average molecular weight is 318 g/mol. The molecular formula is C21H22N2O. The summed E-state index contributed by atoms with van der Waals surface area (Å²) in [6.07, 6.45) is 0.983. The first kappa shape index (κ1) is 16.2. The third-order valence-corrected chi connectivity index (χ3v) is 4.20. The van der Waals surface area contributed by atoms with Gasteiger partial charge in [-0.2, -0.15) is 0 Å². The summed E-state index contributed by atoms with van der Waals surface area (Å²) in [5.74, 6) is 0. The number of carbonyl (C=O) groups is 1. The van der Waals surface area contributed by atoms with Crippen LogP contribution >= 0.6 is 0 Å². The molecule has 24 heavy (non-hydrogen) atoms.